The van der Waals surface area contributed by atoms with Crippen LogP contribution in [0.5, 0.6) is 5.75 Å². The average molecular weight is 440 g/mol. The van der Waals surface area contributed by atoms with E-state index in [2.05, 4.69) is 21.0 Å². The molecule has 156 valence electrons. The maximum atomic E-state index is 12.4. The Balaban J connectivity index is 1.67. The van der Waals surface area contributed by atoms with E-state index in [0.29, 0.717) is 27.3 Å². The average Bonchev–Trinajstić information content (AvgIpc) is 3.01. The van der Waals surface area contributed by atoms with Crippen LogP contribution in [-0.2, 0) is 9.59 Å². The predicted molar refractivity (Wildman–Crippen MR) is 111 cm³/mol. The Hall–Kier alpha value is -2.29. The molecular formula is C19H23Cl2N5O3. The van der Waals surface area contributed by atoms with Crippen molar-refractivity contribution in [3.63, 3.8) is 0 Å². The van der Waals surface area contributed by atoms with Gasteiger partial charge in [-0.3, -0.25) is 14.9 Å². The van der Waals surface area contributed by atoms with E-state index in [-0.39, 0.29) is 24.5 Å². The molecule has 1 aromatic carbocycles. The topological polar surface area (TPSA) is 97.3 Å². The van der Waals surface area contributed by atoms with E-state index in [4.69, 9.17) is 27.9 Å². The second kappa shape index (κ2) is 9.02. The van der Waals surface area contributed by atoms with E-state index in [1.165, 1.54) is 6.07 Å². The summed E-state index contributed by atoms with van der Waals surface area (Å²) in [5.74, 6) is 0.252. The number of benzene rings is 1. The summed E-state index contributed by atoms with van der Waals surface area (Å²) in [6.07, 6.45) is 0.176. The smallest absolute Gasteiger partial charge is 0.263 e. The van der Waals surface area contributed by atoms with Crippen molar-refractivity contribution in [2.75, 3.05) is 11.9 Å². The van der Waals surface area contributed by atoms with Crippen LogP contribution in [0.3, 0.4) is 0 Å². The van der Waals surface area contributed by atoms with Crippen LogP contribution in [0.4, 0.5) is 5.82 Å². The second-order valence-electron chi connectivity index (χ2n) is 6.91. The molecule has 3 unspecified atom stereocenters. The van der Waals surface area contributed by atoms with Crippen molar-refractivity contribution in [3.05, 3.63) is 40.0 Å². The third-order valence-corrected chi connectivity index (χ3v) is 5.23. The van der Waals surface area contributed by atoms with Crippen LogP contribution in [-0.4, -0.2) is 34.2 Å². The monoisotopic (exact) mass is 439 g/mol. The van der Waals surface area contributed by atoms with Crippen LogP contribution in [0.25, 0.3) is 0 Å². The summed E-state index contributed by atoms with van der Waals surface area (Å²) in [5.41, 5.74) is 0.697. The van der Waals surface area contributed by atoms with Crippen LogP contribution >= 0.6 is 23.2 Å². The summed E-state index contributed by atoms with van der Waals surface area (Å²) in [4.78, 5) is 24.7. The van der Waals surface area contributed by atoms with Gasteiger partial charge in [-0.15, -0.1) is 0 Å². The zero-order chi connectivity index (χ0) is 21.1. The zero-order valence-corrected chi connectivity index (χ0v) is 17.8. The van der Waals surface area contributed by atoms with Gasteiger partial charge in [0.1, 0.15) is 11.6 Å². The Morgan fingerprint density at radius 2 is 2.10 bits per heavy atom. The van der Waals surface area contributed by atoms with Crippen LogP contribution in [0.15, 0.2) is 24.3 Å². The Morgan fingerprint density at radius 3 is 2.76 bits per heavy atom. The third-order valence-electron chi connectivity index (χ3n) is 4.70. The number of nitrogens with zero attached hydrogens (tertiary/aromatic N) is 2. The molecule has 1 aromatic heterocycles. The fourth-order valence-corrected chi connectivity index (χ4v) is 3.73. The third kappa shape index (κ3) is 5.01. The first-order valence-corrected chi connectivity index (χ1v) is 10.0. The van der Waals surface area contributed by atoms with Gasteiger partial charge in [0, 0.05) is 17.1 Å². The van der Waals surface area contributed by atoms with Gasteiger partial charge >= 0.3 is 0 Å². The first-order valence-electron chi connectivity index (χ1n) is 9.28. The Bertz CT molecular complexity index is 917. The Kier molecular flexibility index (Phi) is 6.66. The minimum atomic E-state index is -0.559. The lowest BCUT2D eigenvalue weighted by Gasteiger charge is -2.35. The van der Waals surface area contributed by atoms with E-state index in [0.717, 1.165) is 6.42 Å². The zero-order valence-electron chi connectivity index (χ0n) is 16.3. The molecule has 2 amide bonds. The summed E-state index contributed by atoms with van der Waals surface area (Å²) in [5, 5.41) is 14.2. The van der Waals surface area contributed by atoms with Gasteiger partial charge in [0.25, 0.3) is 5.91 Å². The molecule has 8 nitrogen and oxygen atoms in total. The Morgan fingerprint density at radius 1 is 1.34 bits per heavy atom. The minimum Gasteiger partial charge on any atom is -0.482 e. The van der Waals surface area contributed by atoms with Gasteiger partial charge < -0.3 is 15.4 Å². The Labute approximate surface area is 178 Å². The number of carbonyl (C=O) groups excluding carboxylic acids is 2. The quantitative estimate of drug-likeness (QED) is 0.642. The number of rotatable bonds is 6. The fourth-order valence-electron chi connectivity index (χ4n) is 3.27. The number of nitrogens with one attached hydrogen (secondary N) is 3. The van der Waals surface area contributed by atoms with Crippen LogP contribution in [0.1, 0.15) is 32.3 Å². The number of hydrogen-bond donors (Lipinski definition) is 3. The normalized spacial score (nSPS) is 21.6. The minimum absolute atomic E-state index is 0.0258. The van der Waals surface area contributed by atoms with Gasteiger partial charge in [0.05, 0.1) is 16.6 Å². The van der Waals surface area contributed by atoms with Crippen LogP contribution < -0.4 is 20.7 Å². The number of amides is 2. The standard InChI is InChI=1S/C19H23Cl2N5O3/c1-4-13-11(3)22-19(24-18(13)28)26-16(7-10(2)25-26)23-17(27)9-29-15-6-5-12(20)8-14(15)21/h5-8,11,13,19,22H,4,9H2,1-3H3,(H,23,27)(H,24,28). The van der Waals surface area contributed by atoms with Crippen molar-refractivity contribution < 1.29 is 14.3 Å². The van der Waals surface area contributed by atoms with E-state index >= 15 is 0 Å². The SMILES string of the molecule is CCC1C(=O)NC(n2nc(C)cc2NC(=O)COc2ccc(Cl)cc2Cl)NC1C. The molecule has 29 heavy (non-hydrogen) atoms. The highest BCUT2D eigenvalue weighted by atomic mass is 35.5. The number of ether oxygens (including phenoxy) is 1. The van der Waals surface area contributed by atoms with Crippen molar-refractivity contribution in [2.24, 2.45) is 5.92 Å². The molecule has 1 aliphatic rings. The summed E-state index contributed by atoms with van der Waals surface area (Å²) < 4.78 is 7.01. The number of carbonyl (C=O) groups is 2. The predicted octanol–water partition coefficient (Wildman–Crippen LogP) is 3.11. The van der Waals surface area contributed by atoms with E-state index < -0.39 is 12.2 Å². The van der Waals surface area contributed by atoms with E-state index in [1.807, 2.05) is 13.8 Å². The number of aryl methyl sites for hydroxylation is 1. The van der Waals surface area contributed by atoms with Crippen molar-refractivity contribution >= 4 is 40.8 Å². The molecule has 0 saturated carbocycles. The van der Waals surface area contributed by atoms with Crippen molar-refractivity contribution in [2.45, 2.75) is 39.5 Å². The molecule has 1 fully saturated rings. The summed E-state index contributed by atoms with van der Waals surface area (Å²) in [6, 6.07) is 6.46. The molecule has 2 aromatic rings. The molecule has 0 radical (unpaired) electrons. The molecule has 0 bridgehead atoms. The van der Waals surface area contributed by atoms with Gasteiger partial charge in [-0.2, -0.15) is 5.10 Å². The van der Waals surface area contributed by atoms with E-state index in [9.17, 15) is 9.59 Å². The molecule has 10 heteroatoms. The summed E-state index contributed by atoms with van der Waals surface area (Å²) in [7, 11) is 0. The molecular weight excluding hydrogens is 417 g/mol. The van der Waals surface area contributed by atoms with Crippen LogP contribution in [0.2, 0.25) is 10.0 Å². The summed E-state index contributed by atoms with van der Waals surface area (Å²) >= 11 is 11.9. The lowest BCUT2D eigenvalue weighted by Crippen LogP contribution is -2.57. The molecule has 1 saturated heterocycles. The highest BCUT2D eigenvalue weighted by Crippen LogP contribution is 2.27. The molecule has 0 spiro atoms. The van der Waals surface area contributed by atoms with Crippen molar-refractivity contribution in [1.82, 2.24) is 20.4 Å². The molecule has 1 aliphatic heterocycles. The molecule has 0 aliphatic carbocycles. The van der Waals surface area contributed by atoms with Gasteiger partial charge in [0.2, 0.25) is 5.91 Å². The van der Waals surface area contributed by atoms with Gasteiger partial charge in [-0.05, 0) is 38.5 Å². The maximum Gasteiger partial charge on any atom is 0.263 e. The highest BCUT2D eigenvalue weighted by Gasteiger charge is 2.34. The molecule has 2 heterocycles. The fraction of sp³-hybridized carbons (Fsp3) is 0.421. The molecule has 3 rings (SSSR count). The lowest BCUT2D eigenvalue weighted by atomic mass is 9.95. The van der Waals surface area contributed by atoms with Gasteiger partial charge in [-0.25, -0.2) is 4.68 Å². The molecule has 3 atom stereocenters. The number of hydrogen-bond acceptors (Lipinski definition) is 5. The van der Waals surface area contributed by atoms with E-state index in [1.54, 1.807) is 29.8 Å². The maximum absolute atomic E-state index is 12.4. The summed E-state index contributed by atoms with van der Waals surface area (Å²) in [6.45, 7) is 5.49. The van der Waals surface area contributed by atoms with Gasteiger partial charge in [0.15, 0.2) is 12.9 Å². The lowest BCUT2D eigenvalue weighted by molar-refractivity contribution is -0.130. The number of aromatic nitrogens is 2. The number of halogens is 2. The first kappa shape index (κ1) is 21.4. The highest BCUT2D eigenvalue weighted by molar-refractivity contribution is 6.35. The van der Waals surface area contributed by atoms with Crippen molar-refractivity contribution in [1.29, 1.82) is 0 Å². The van der Waals surface area contributed by atoms with Gasteiger partial charge in [-0.1, -0.05) is 30.1 Å². The largest absolute Gasteiger partial charge is 0.482 e. The van der Waals surface area contributed by atoms with Crippen molar-refractivity contribution in [3.8, 4) is 5.75 Å². The molecule has 3 N–H and O–H groups in total. The number of anilines is 1. The second-order valence-corrected chi connectivity index (χ2v) is 7.75. The van der Waals surface area contributed by atoms with Crippen LogP contribution in [0, 0.1) is 12.8 Å². The first-order chi connectivity index (χ1) is 13.8.